The molecule has 0 bridgehead atoms. The van der Waals surface area contributed by atoms with Crippen molar-refractivity contribution in [1.29, 1.82) is 0 Å². The van der Waals surface area contributed by atoms with Crippen LogP contribution < -0.4 is 5.32 Å². The summed E-state index contributed by atoms with van der Waals surface area (Å²) in [6.07, 6.45) is 3.28. The van der Waals surface area contributed by atoms with Gasteiger partial charge in [0.25, 0.3) is 0 Å². The number of hydrogen-bond donors (Lipinski definition) is 1. The van der Waals surface area contributed by atoms with Gasteiger partial charge in [-0.15, -0.1) is 0 Å². The van der Waals surface area contributed by atoms with Gasteiger partial charge in [-0.05, 0) is 17.5 Å². The average molecular weight is 231 g/mol. The van der Waals surface area contributed by atoms with E-state index in [0.717, 1.165) is 25.9 Å². The molecule has 1 heterocycles. The van der Waals surface area contributed by atoms with Gasteiger partial charge >= 0.3 is 0 Å². The second-order valence-corrected chi connectivity index (χ2v) is 3.88. The quantitative estimate of drug-likeness (QED) is 0.772. The third-order valence-corrected chi connectivity index (χ3v) is 2.74. The summed E-state index contributed by atoms with van der Waals surface area (Å²) < 4.78 is 4.93. The number of nitrogens with zero attached hydrogens (tertiary/aromatic N) is 2. The Morgan fingerprint density at radius 1 is 1.24 bits per heavy atom. The van der Waals surface area contributed by atoms with Crippen LogP contribution in [0.15, 0.2) is 35.1 Å². The molecule has 0 aliphatic heterocycles. The van der Waals surface area contributed by atoms with Crippen molar-refractivity contribution >= 4 is 0 Å². The van der Waals surface area contributed by atoms with Crippen LogP contribution in [-0.4, -0.2) is 16.7 Å². The van der Waals surface area contributed by atoms with Crippen molar-refractivity contribution in [2.75, 3.05) is 6.54 Å². The van der Waals surface area contributed by atoms with Crippen molar-refractivity contribution in [3.8, 4) is 0 Å². The van der Waals surface area contributed by atoms with E-state index in [4.69, 9.17) is 4.52 Å². The van der Waals surface area contributed by atoms with E-state index >= 15 is 0 Å². The first-order valence-electron chi connectivity index (χ1n) is 5.93. The third-order valence-electron chi connectivity index (χ3n) is 2.74. The van der Waals surface area contributed by atoms with Crippen molar-refractivity contribution in [2.45, 2.75) is 26.3 Å². The Kier molecular flexibility index (Phi) is 4.27. The fourth-order valence-electron chi connectivity index (χ4n) is 1.80. The molecule has 1 aromatic heterocycles. The maximum atomic E-state index is 4.93. The molecule has 0 amide bonds. The second kappa shape index (κ2) is 6.15. The van der Waals surface area contributed by atoms with E-state index in [-0.39, 0.29) is 0 Å². The minimum Gasteiger partial charge on any atom is -0.340 e. The molecule has 0 saturated heterocycles. The number of aryl methyl sites for hydroxylation is 1. The van der Waals surface area contributed by atoms with Crippen molar-refractivity contribution in [3.63, 3.8) is 0 Å². The summed E-state index contributed by atoms with van der Waals surface area (Å²) in [5, 5.41) is 6.96. The molecular formula is C13H17N3O. The molecule has 0 aliphatic rings. The first-order chi connectivity index (χ1) is 8.40. The third kappa shape index (κ3) is 3.39. The Morgan fingerprint density at radius 3 is 2.76 bits per heavy atom. The van der Waals surface area contributed by atoms with Gasteiger partial charge in [0.2, 0.25) is 5.89 Å². The van der Waals surface area contributed by atoms with Crippen LogP contribution in [0.4, 0.5) is 0 Å². The highest BCUT2D eigenvalue weighted by atomic mass is 16.5. The van der Waals surface area contributed by atoms with Crippen LogP contribution in [0, 0.1) is 0 Å². The summed E-state index contributed by atoms with van der Waals surface area (Å²) in [5.74, 6) is 0.682. The van der Waals surface area contributed by atoms with E-state index in [1.165, 1.54) is 17.5 Å². The molecule has 1 N–H and O–H groups in total. The highest BCUT2D eigenvalue weighted by Crippen LogP contribution is 2.08. The van der Waals surface area contributed by atoms with Crippen molar-refractivity contribution < 1.29 is 4.52 Å². The molecule has 2 aromatic rings. The Bertz CT molecular complexity index is 440. The monoisotopic (exact) mass is 231 g/mol. The van der Waals surface area contributed by atoms with E-state index in [1.54, 1.807) is 0 Å². The molecule has 0 atom stereocenters. The van der Waals surface area contributed by atoms with E-state index in [2.05, 4.69) is 46.6 Å². The number of hydrogen-bond acceptors (Lipinski definition) is 4. The Balaban J connectivity index is 1.78. The standard InChI is InChI=1S/C13H17N3O/c1-2-11-5-3-4-6-12(11)9-14-8-7-13-15-10-16-17-13/h3-6,10,14H,2,7-9H2,1H3. The van der Waals surface area contributed by atoms with Crippen LogP contribution in [0.2, 0.25) is 0 Å². The number of nitrogens with one attached hydrogen (secondary N) is 1. The maximum Gasteiger partial charge on any atom is 0.227 e. The molecule has 17 heavy (non-hydrogen) atoms. The molecule has 0 spiro atoms. The predicted molar refractivity (Wildman–Crippen MR) is 65.5 cm³/mol. The normalized spacial score (nSPS) is 10.6. The summed E-state index contributed by atoms with van der Waals surface area (Å²) in [6.45, 7) is 3.91. The molecule has 0 saturated carbocycles. The van der Waals surface area contributed by atoms with Crippen molar-refractivity contribution in [3.05, 3.63) is 47.6 Å². The zero-order valence-corrected chi connectivity index (χ0v) is 10.0. The van der Waals surface area contributed by atoms with Crippen LogP contribution in [0.25, 0.3) is 0 Å². The van der Waals surface area contributed by atoms with Gasteiger partial charge in [0.1, 0.15) is 0 Å². The van der Waals surface area contributed by atoms with Gasteiger partial charge in [0.15, 0.2) is 6.33 Å². The summed E-state index contributed by atoms with van der Waals surface area (Å²) in [4.78, 5) is 3.98. The second-order valence-electron chi connectivity index (χ2n) is 3.88. The smallest absolute Gasteiger partial charge is 0.227 e. The molecule has 0 aliphatic carbocycles. The molecule has 2 rings (SSSR count). The number of benzene rings is 1. The van der Waals surface area contributed by atoms with E-state index in [0.29, 0.717) is 5.89 Å². The molecule has 4 heteroatoms. The number of aromatic nitrogens is 2. The van der Waals surface area contributed by atoms with E-state index < -0.39 is 0 Å². The van der Waals surface area contributed by atoms with Gasteiger partial charge in [0, 0.05) is 19.5 Å². The highest BCUT2D eigenvalue weighted by Gasteiger charge is 2.00. The van der Waals surface area contributed by atoms with Crippen molar-refractivity contribution in [1.82, 2.24) is 15.5 Å². The minimum atomic E-state index is 0.682. The molecule has 0 unspecified atom stereocenters. The molecule has 90 valence electrons. The van der Waals surface area contributed by atoms with Gasteiger partial charge in [-0.1, -0.05) is 36.3 Å². The Morgan fingerprint density at radius 2 is 2.06 bits per heavy atom. The van der Waals surface area contributed by atoms with E-state index in [9.17, 15) is 0 Å². The van der Waals surface area contributed by atoms with Crippen LogP contribution in [0.5, 0.6) is 0 Å². The van der Waals surface area contributed by atoms with Crippen LogP contribution in [0.3, 0.4) is 0 Å². The lowest BCUT2D eigenvalue weighted by Crippen LogP contribution is -2.17. The molecule has 0 radical (unpaired) electrons. The summed E-state index contributed by atoms with van der Waals surface area (Å²) in [5.41, 5.74) is 2.76. The SMILES string of the molecule is CCc1ccccc1CNCCc1ncno1. The largest absolute Gasteiger partial charge is 0.340 e. The zero-order valence-electron chi connectivity index (χ0n) is 10.0. The summed E-state index contributed by atoms with van der Waals surface area (Å²) in [6, 6.07) is 8.50. The Labute approximate surface area is 101 Å². The molecule has 0 fully saturated rings. The maximum absolute atomic E-state index is 4.93. The first kappa shape index (κ1) is 11.8. The Hall–Kier alpha value is -1.68. The van der Waals surface area contributed by atoms with E-state index in [1.807, 2.05) is 0 Å². The van der Waals surface area contributed by atoms with Crippen LogP contribution in [0.1, 0.15) is 23.9 Å². The summed E-state index contributed by atoms with van der Waals surface area (Å²) in [7, 11) is 0. The highest BCUT2D eigenvalue weighted by molar-refractivity contribution is 5.26. The molecule has 4 nitrogen and oxygen atoms in total. The fraction of sp³-hybridized carbons (Fsp3) is 0.385. The lowest BCUT2D eigenvalue weighted by atomic mass is 10.1. The lowest BCUT2D eigenvalue weighted by molar-refractivity contribution is 0.375. The van der Waals surface area contributed by atoms with Crippen LogP contribution in [-0.2, 0) is 19.4 Å². The molecule has 1 aromatic carbocycles. The fourth-order valence-corrected chi connectivity index (χ4v) is 1.80. The van der Waals surface area contributed by atoms with Crippen molar-refractivity contribution in [2.24, 2.45) is 0 Å². The van der Waals surface area contributed by atoms with Crippen LogP contribution >= 0.6 is 0 Å². The average Bonchev–Trinajstić information content (AvgIpc) is 2.88. The first-order valence-corrected chi connectivity index (χ1v) is 5.93. The van der Waals surface area contributed by atoms with Gasteiger partial charge in [-0.3, -0.25) is 0 Å². The van der Waals surface area contributed by atoms with Gasteiger partial charge in [0.05, 0.1) is 0 Å². The zero-order chi connectivity index (χ0) is 11.9. The molecular weight excluding hydrogens is 214 g/mol. The topological polar surface area (TPSA) is 51.0 Å². The minimum absolute atomic E-state index is 0.682. The number of rotatable bonds is 6. The van der Waals surface area contributed by atoms with Gasteiger partial charge in [-0.25, -0.2) is 0 Å². The lowest BCUT2D eigenvalue weighted by Gasteiger charge is -2.08. The summed E-state index contributed by atoms with van der Waals surface area (Å²) >= 11 is 0. The van der Waals surface area contributed by atoms with Gasteiger partial charge in [-0.2, -0.15) is 4.98 Å². The van der Waals surface area contributed by atoms with Gasteiger partial charge < -0.3 is 9.84 Å². The predicted octanol–water partition coefficient (Wildman–Crippen LogP) is 1.96.